The highest BCUT2D eigenvalue weighted by atomic mass is 16.2. The van der Waals surface area contributed by atoms with E-state index in [1.165, 1.54) is 6.42 Å². The number of carbonyl (C=O) groups excluding carboxylic acids is 2. The smallest absolute Gasteiger partial charge is 0.243 e. The highest BCUT2D eigenvalue weighted by molar-refractivity contribution is 5.93. The predicted octanol–water partition coefficient (Wildman–Crippen LogP) is 2.86. The fourth-order valence-electron chi connectivity index (χ4n) is 3.64. The van der Waals surface area contributed by atoms with Crippen LogP contribution in [0.5, 0.6) is 0 Å². The number of nitrogens with zero attached hydrogens (tertiary/aromatic N) is 1. The normalized spacial score (nSPS) is 26.9. The summed E-state index contributed by atoms with van der Waals surface area (Å²) in [5, 5.41) is 3.06. The van der Waals surface area contributed by atoms with Gasteiger partial charge in [0.2, 0.25) is 11.8 Å². The molecule has 1 heterocycles. The second-order valence-electron chi connectivity index (χ2n) is 7.60. The minimum atomic E-state index is -0.268. The van der Waals surface area contributed by atoms with Crippen LogP contribution in [-0.2, 0) is 9.59 Å². The topological polar surface area (TPSA) is 49.4 Å². The Kier molecular flexibility index (Phi) is 4.95. The van der Waals surface area contributed by atoms with Gasteiger partial charge in [0.25, 0.3) is 0 Å². The van der Waals surface area contributed by atoms with E-state index in [2.05, 4.69) is 12.2 Å². The van der Waals surface area contributed by atoms with Gasteiger partial charge in [-0.05, 0) is 40.0 Å². The van der Waals surface area contributed by atoms with Crippen LogP contribution in [0.15, 0.2) is 0 Å². The van der Waals surface area contributed by atoms with Crippen LogP contribution in [0.1, 0.15) is 72.6 Å². The number of amides is 2. The third-order valence-electron chi connectivity index (χ3n) is 4.63. The van der Waals surface area contributed by atoms with E-state index >= 15 is 0 Å². The average molecular weight is 294 g/mol. The van der Waals surface area contributed by atoms with Gasteiger partial charge in [0.05, 0.1) is 5.92 Å². The van der Waals surface area contributed by atoms with Crippen LogP contribution in [0.2, 0.25) is 0 Å². The summed E-state index contributed by atoms with van der Waals surface area (Å²) >= 11 is 0. The molecular weight excluding hydrogens is 264 g/mol. The summed E-state index contributed by atoms with van der Waals surface area (Å²) in [6, 6.07) is 0.0508. The van der Waals surface area contributed by atoms with Crippen LogP contribution in [-0.4, -0.2) is 34.3 Å². The number of unbranched alkanes of at least 4 members (excludes halogenated alkanes) is 1. The van der Waals surface area contributed by atoms with Crippen LogP contribution in [0.3, 0.4) is 0 Å². The maximum atomic E-state index is 12.6. The van der Waals surface area contributed by atoms with E-state index in [9.17, 15) is 9.59 Å². The maximum Gasteiger partial charge on any atom is 0.243 e. The molecule has 1 aliphatic carbocycles. The number of nitrogens with one attached hydrogen (secondary N) is 1. The molecule has 0 aromatic carbocycles. The molecule has 4 nitrogen and oxygen atoms in total. The molecule has 0 bridgehead atoms. The van der Waals surface area contributed by atoms with Crippen LogP contribution in [0, 0.1) is 5.92 Å². The van der Waals surface area contributed by atoms with Gasteiger partial charge in [0, 0.05) is 11.6 Å². The first-order valence-electron chi connectivity index (χ1n) is 8.49. The molecule has 120 valence electrons. The lowest BCUT2D eigenvalue weighted by Gasteiger charge is -2.53. The summed E-state index contributed by atoms with van der Waals surface area (Å²) in [5.74, 6) is 0.434. The van der Waals surface area contributed by atoms with Crippen molar-refractivity contribution in [1.82, 2.24) is 10.2 Å². The molecule has 0 radical (unpaired) electrons. The zero-order chi connectivity index (χ0) is 15.6. The van der Waals surface area contributed by atoms with Crippen molar-refractivity contribution < 1.29 is 9.59 Å². The van der Waals surface area contributed by atoms with E-state index in [1.807, 2.05) is 25.7 Å². The molecule has 2 aliphatic rings. The number of fused-ring (bicyclic) bond motifs is 1. The Morgan fingerprint density at radius 3 is 2.62 bits per heavy atom. The molecule has 1 aliphatic heterocycles. The fourth-order valence-corrected chi connectivity index (χ4v) is 3.64. The molecule has 0 aromatic heterocycles. The Labute approximate surface area is 128 Å². The maximum absolute atomic E-state index is 12.6. The first-order valence-corrected chi connectivity index (χ1v) is 8.49. The van der Waals surface area contributed by atoms with E-state index in [0.717, 1.165) is 38.5 Å². The molecule has 2 fully saturated rings. The fraction of sp³-hybridized carbons (Fsp3) is 0.882. The molecule has 3 atom stereocenters. The van der Waals surface area contributed by atoms with Gasteiger partial charge in [-0.2, -0.15) is 0 Å². The summed E-state index contributed by atoms with van der Waals surface area (Å²) in [4.78, 5) is 26.9. The molecule has 2 amide bonds. The quantitative estimate of drug-likeness (QED) is 0.793. The third kappa shape index (κ3) is 3.58. The first-order chi connectivity index (χ1) is 9.85. The second-order valence-corrected chi connectivity index (χ2v) is 7.60. The van der Waals surface area contributed by atoms with Gasteiger partial charge < -0.3 is 10.2 Å². The van der Waals surface area contributed by atoms with E-state index in [4.69, 9.17) is 0 Å². The van der Waals surface area contributed by atoms with Crippen molar-refractivity contribution in [2.75, 3.05) is 0 Å². The van der Waals surface area contributed by atoms with Crippen molar-refractivity contribution in [2.45, 2.75) is 90.3 Å². The summed E-state index contributed by atoms with van der Waals surface area (Å²) in [6.07, 6.45) is 7.26. The SMILES string of the molecule is CCCCC(C(=O)NC(C)(C)C)N1C(=O)C2CCCCC21. The predicted molar refractivity (Wildman–Crippen MR) is 83.8 cm³/mol. The lowest BCUT2D eigenvalue weighted by atomic mass is 9.74. The number of hydrogen-bond acceptors (Lipinski definition) is 2. The van der Waals surface area contributed by atoms with Gasteiger partial charge in [-0.25, -0.2) is 0 Å². The van der Waals surface area contributed by atoms with Gasteiger partial charge in [0.1, 0.15) is 6.04 Å². The Bertz CT molecular complexity index is 400. The number of rotatable bonds is 5. The van der Waals surface area contributed by atoms with Gasteiger partial charge >= 0.3 is 0 Å². The molecule has 3 unspecified atom stereocenters. The molecule has 0 spiro atoms. The third-order valence-corrected chi connectivity index (χ3v) is 4.63. The van der Waals surface area contributed by atoms with Gasteiger partial charge in [-0.15, -0.1) is 0 Å². The standard InChI is InChI=1S/C17H30N2O2/c1-5-6-10-14(15(20)18-17(2,3)4)19-13-11-8-7-9-12(13)16(19)21/h12-14H,5-11H2,1-4H3,(H,18,20). The van der Waals surface area contributed by atoms with Crippen LogP contribution >= 0.6 is 0 Å². The number of carbonyl (C=O) groups is 2. The van der Waals surface area contributed by atoms with Crippen molar-refractivity contribution >= 4 is 11.8 Å². The van der Waals surface area contributed by atoms with Crippen molar-refractivity contribution in [2.24, 2.45) is 5.92 Å². The monoisotopic (exact) mass is 294 g/mol. The highest BCUT2D eigenvalue weighted by Gasteiger charge is 2.52. The summed E-state index contributed by atoms with van der Waals surface area (Å²) in [6.45, 7) is 8.09. The van der Waals surface area contributed by atoms with E-state index in [1.54, 1.807) is 0 Å². The second kappa shape index (κ2) is 6.37. The molecule has 1 N–H and O–H groups in total. The van der Waals surface area contributed by atoms with Crippen LogP contribution in [0.4, 0.5) is 0 Å². The summed E-state index contributed by atoms with van der Waals surface area (Å²) < 4.78 is 0. The molecule has 4 heteroatoms. The first kappa shape index (κ1) is 16.3. The van der Waals surface area contributed by atoms with E-state index < -0.39 is 0 Å². The van der Waals surface area contributed by atoms with E-state index in [0.29, 0.717) is 6.04 Å². The van der Waals surface area contributed by atoms with Crippen molar-refractivity contribution in [3.05, 3.63) is 0 Å². The van der Waals surface area contributed by atoms with Gasteiger partial charge in [-0.1, -0.05) is 32.6 Å². The van der Waals surface area contributed by atoms with Gasteiger partial charge in [-0.3, -0.25) is 9.59 Å². The molecule has 1 saturated carbocycles. The lowest BCUT2D eigenvalue weighted by molar-refractivity contribution is -0.168. The summed E-state index contributed by atoms with van der Waals surface area (Å²) in [7, 11) is 0. The largest absolute Gasteiger partial charge is 0.350 e. The average Bonchev–Trinajstić information content (AvgIpc) is 2.40. The Morgan fingerprint density at radius 1 is 1.33 bits per heavy atom. The minimum Gasteiger partial charge on any atom is -0.350 e. The number of hydrogen-bond donors (Lipinski definition) is 1. The van der Waals surface area contributed by atoms with Crippen molar-refractivity contribution in [1.29, 1.82) is 0 Å². The van der Waals surface area contributed by atoms with Crippen molar-refractivity contribution in [3.63, 3.8) is 0 Å². The highest BCUT2D eigenvalue weighted by Crippen LogP contribution is 2.40. The van der Waals surface area contributed by atoms with Gasteiger partial charge in [0.15, 0.2) is 0 Å². The molecule has 0 aromatic rings. The Hall–Kier alpha value is -1.06. The Balaban J connectivity index is 2.08. The zero-order valence-corrected chi connectivity index (χ0v) is 13.9. The van der Waals surface area contributed by atoms with Crippen molar-refractivity contribution in [3.8, 4) is 0 Å². The van der Waals surface area contributed by atoms with Crippen LogP contribution in [0.25, 0.3) is 0 Å². The minimum absolute atomic E-state index is 0.0216. The molecule has 1 saturated heterocycles. The van der Waals surface area contributed by atoms with E-state index in [-0.39, 0.29) is 29.3 Å². The zero-order valence-electron chi connectivity index (χ0n) is 13.9. The van der Waals surface area contributed by atoms with Crippen LogP contribution < -0.4 is 5.32 Å². The number of likely N-dealkylation sites (tertiary alicyclic amines) is 1. The lowest BCUT2D eigenvalue weighted by Crippen LogP contribution is -2.68. The summed E-state index contributed by atoms with van der Waals surface area (Å²) in [5.41, 5.74) is -0.249. The molecule has 2 rings (SSSR count). The Morgan fingerprint density at radius 2 is 2.00 bits per heavy atom. The molecule has 21 heavy (non-hydrogen) atoms. The number of β-lactam (4-membered cyclic amide) rings is 1. The molecular formula is C17H30N2O2.